The number of aldehydes is 1. The Morgan fingerprint density at radius 3 is 2.81 bits per heavy atom. The van der Waals surface area contributed by atoms with Crippen molar-refractivity contribution in [3.05, 3.63) is 35.1 Å². The van der Waals surface area contributed by atoms with Crippen molar-refractivity contribution in [2.45, 2.75) is 38.3 Å². The molecule has 2 aliphatic heterocycles. The average Bonchev–Trinajstić information content (AvgIpc) is 2.89. The van der Waals surface area contributed by atoms with Gasteiger partial charge in [0.05, 0.1) is 6.04 Å². The molecule has 0 radical (unpaired) electrons. The lowest BCUT2D eigenvalue weighted by Gasteiger charge is -2.35. The van der Waals surface area contributed by atoms with Gasteiger partial charge in [0.2, 0.25) is 0 Å². The summed E-state index contributed by atoms with van der Waals surface area (Å²) in [7, 11) is 0. The van der Waals surface area contributed by atoms with Crippen molar-refractivity contribution in [2.24, 2.45) is 0 Å². The first-order valence-corrected chi connectivity index (χ1v) is 7.91. The molecule has 21 heavy (non-hydrogen) atoms. The van der Waals surface area contributed by atoms with Crippen LogP contribution in [0.1, 0.15) is 36.9 Å². The minimum atomic E-state index is -0.216. The van der Waals surface area contributed by atoms with Gasteiger partial charge in [0.1, 0.15) is 12.1 Å². The first kappa shape index (κ1) is 14.7. The number of likely N-dealkylation sites (tertiary alicyclic amines) is 1. The highest BCUT2D eigenvalue weighted by atomic mass is 19.1. The minimum Gasteiger partial charge on any atom is -0.301 e. The molecule has 0 aliphatic carbocycles. The number of benzene rings is 1. The van der Waals surface area contributed by atoms with E-state index in [0.29, 0.717) is 6.04 Å². The Labute approximate surface area is 125 Å². The summed E-state index contributed by atoms with van der Waals surface area (Å²) < 4.78 is 13.3. The zero-order valence-electron chi connectivity index (χ0n) is 12.6. The van der Waals surface area contributed by atoms with Crippen LogP contribution in [0.2, 0.25) is 0 Å². The van der Waals surface area contributed by atoms with E-state index >= 15 is 0 Å². The first-order chi connectivity index (χ1) is 10.2. The first-order valence-electron chi connectivity index (χ1n) is 7.91. The van der Waals surface area contributed by atoms with E-state index in [-0.39, 0.29) is 11.9 Å². The molecule has 0 amide bonds. The van der Waals surface area contributed by atoms with E-state index < -0.39 is 0 Å². The van der Waals surface area contributed by atoms with Gasteiger partial charge >= 0.3 is 0 Å². The van der Waals surface area contributed by atoms with Crippen LogP contribution < -0.4 is 0 Å². The topological polar surface area (TPSA) is 23.6 Å². The fraction of sp³-hybridized carbons (Fsp3) is 0.588. The van der Waals surface area contributed by atoms with Crippen LogP contribution in [0.4, 0.5) is 4.39 Å². The largest absolute Gasteiger partial charge is 0.301 e. The van der Waals surface area contributed by atoms with Gasteiger partial charge in [-0.15, -0.1) is 0 Å². The maximum Gasteiger partial charge on any atom is 0.141 e. The Morgan fingerprint density at radius 2 is 2.10 bits per heavy atom. The summed E-state index contributed by atoms with van der Waals surface area (Å²) in [6.07, 6.45) is 4.38. The Kier molecular flexibility index (Phi) is 4.36. The molecule has 0 saturated carbocycles. The standard InChI is InChI=1S/C17H23FN2O/c1-13-3-2-7-19(13)9-10-20-8-6-14-11-15(18)4-5-16(14)17(20)12-21/h4-5,11-13,17H,2-3,6-10H2,1H3/t13?,17-/m0/s1. The predicted octanol–water partition coefficient (Wildman–Crippen LogP) is 2.41. The van der Waals surface area contributed by atoms with Crippen LogP contribution in [0.25, 0.3) is 0 Å². The van der Waals surface area contributed by atoms with Gasteiger partial charge in [-0.1, -0.05) is 6.07 Å². The van der Waals surface area contributed by atoms with Gasteiger partial charge < -0.3 is 4.79 Å². The van der Waals surface area contributed by atoms with Crippen LogP contribution in [0, 0.1) is 5.82 Å². The molecule has 2 aliphatic rings. The summed E-state index contributed by atoms with van der Waals surface area (Å²) in [5.74, 6) is -0.210. The molecule has 114 valence electrons. The molecular weight excluding hydrogens is 267 g/mol. The zero-order valence-corrected chi connectivity index (χ0v) is 12.6. The maximum atomic E-state index is 13.3. The highest BCUT2D eigenvalue weighted by molar-refractivity contribution is 5.63. The number of carbonyl (C=O) groups excluding carboxylic acids is 1. The van der Waals surface area contributed by atoms with Gasteiger partial charge in [0, 0.05) is 25.7 Å². The molecule has 0 bridgehead atoms. The van der Waals surface area contributed by atoms with Crippen molar-refractivity contribution in [3.63, 3.8) is 0 Å². The molecule has 0 aromatic heterocycles. The lowest BCUT2D eigenvalue weighted by molar-refractivity contribution is -0.113. The fourth-order valence-corrected chi connectivity index (χ4v) is 3.67. The van der Waals surface area contributed by atoms with Crippen LogP contribution in [0.15, 0.2) is 18.2 Å². The van der Waals surface area contributed by atoms with Crippen molar-refractivity contribution in [3.8, 4) is 0 Å². The van der Waals surface area contributed by atoms with Crippen LogP contribution in [0.5, 0.6) is 0 Å². The SMILES string of the molecule is CC1CCCN1CCN1CCc2cc(F)ccc2[C@@H]1C=O. The normalized spacial score (nSPS) is 26.8. The van der Waals surface area contributed by atoms with Crippen LogP contribution in [-0.2, 0) is 11.2 Å². The molecular formula is C17H23FN2O. The van der Waals surface area contributed by atoms with E-state index in [1.54, 1.807) is 12.1 Å². The third-order valence-corrected chi connectivity index (χ3v) is 4.98. The molecule has 0 spiro atoms. The fourth-order valence-electron chi connectivity index (χ4n) is 3.67. The van der Waals surface area contributed by atoms with Crippen LogP contribution >= 0.6 is 0 Å². The molecule has 1 saturated heterocycles. The second-order valence-corrected chi connectivity index (χ2v) is 6.24. The summed E-state index contributed by atoms with van der Waals surface area (Å²) in [6, 6.07) is 5.25. The maximum absolute atomic E-state index is 13.3. The number of carbonyl (C=O) groups is 1. The van der Waals surface area contributed by atoms with Gasteiger partial charge in [-0.05, 0) is 56.0 Å². The van der Waals surface area contributed by atoms with E-state index in [0.717, 1.165) is 43.5 Å². The zero-order chi connectivity index (χ0) is 14.8. The minimum absolute atomic E-state index is 0.210. The number of hydrogen-bond donors (Lipinski definition) is 0. The Hall–Kier alpha value is -1.26. The third kappa shape index (κ3) is 3.01. The molecule has 1 fully saturated rings. The summed E-state index contributed by atoms with van der Waals surface area (Å²) in [4.78, 5) is 16.3. The van der Waals surface area contributed by atoms with Gasteiger partial charge in [-0.2, -0.15) is 0 Å². The summed E-state index contributed by atoms with van der Waals surface area (Å²) >= 11 is 0. The van der Waals surface area contributed by atoms with E-state index in [2.05, 4.69) is 16.7 Å². The van der Waals surface area contributed by atoms with Crippen molar-refractivity contribution in [1.29, 1.82) is 0 Å². The lowest BCUT2D eigenvalue weighted by atomic mass is 9.93. The molecule has 1 unspecified atom stereocenters. The van der Waals surface area contributed by atoms with E-state index in [1.165, 1.54) is 25.5 Å². The summed E-state index contributed by atoms with van der Waals surface area (Å²) in [6.45, 7) is 6.20. The number of rotatable bonds is 4. The van der Waals surface area contributed by atoms with Crippen LogP contribution in [0.3, 0.4) is 0 Å². The van der Waals surface area contributed by atoms with Gasteiger partial charge in [-0.3, -0.25) is 9.80 Å². The van der Waals surface area contributed by atoms with Crippen molar-refractivity contribution in [2.75, 3.05) is 26.2 Å². The van der Waals surface area contributed by atoms with Gasteiger partial charge in [-0.25, -0.2) is 4.39 Å². The third-order valence-electron chi connectivity index (χ3n) is 4.98. The molecule has 3 rings (SSSR count). The van der Waals surface area contributed by atoms with E-state index in [9.17, 15) is 9.18 Å². The highest BCUT2D eigenvalue weighted by Gasteiger charge is 2.28. The van der Waals surface area contributed by atoms with Gasteiger partial charge in [0.15, 0.2) is 0 Å². The average molecular weight is 290 g/mol. The second-order valence-electron chi connectivity index (χ2n) is 6.24. The molecule has 0 N–H and O–H groups in total. The molecule has 1 aromatic carbocycles. The predicted molar refractivity (Wildman–Crippen MR) is 80.8 cm³/mol. The van der Waals surface area contributed by atoms with Gasteiger partial charge in [0.25, 0.3) is 0 Å². The van der Waals surface area contributed by atoms with E-state index in [1.807, 2.05) is 0 Å². The monoisotopic (exact) mass is 290 g/mol. The van der Waals surface area contributed by atoms with Crippen molar-refractivity contribution >= 4 is 6.29 Å². The quantitative estimate of drug-likeness (QED) is 0.796. The number of hydrogen-bond acceptors (Lipinski definition) is 3. The highest BCUT2D eigenvalue weighted by Crippen LogP contribution is 2.29. The molecule has 2 heterocycles. The molecule has 1 aromatic rings. The Morgan fingerprint density at radius 1 is 1.29 bits per heavy atom. The second kappa shape index (κ2) is 6.24. The Bertz CT molecular complexity index is 520. The summed E-state index contributed by atoms with van der Waals surface area (Å²) in [5.41, 5.74) is 1.96. The summed E-state index contributed by atoms with van der Waals surface area (Å²) in [5, 5.41) is 0. The Balaban J connectivity index is 1.69. The smallest absolute Gasteiger partial charge is 0.141 e. The van der Waals surface area contributed by atoms with E-state index in [4.69, 9.17) is 0 Å². The number of fused-ring (bicyclic) bond motifs is 1. The lowest BCUT2D eigenvalue weighted by Crippen LogP contribution is -2.42. The van der Waals surface area contributed by atoms with Crippen molar-refractivity contribution < 1.29 is 9.18 Å². The molecule has 4 heteroatoms. The van der Waals surface area contributed by atoms with Crippen molar-refractivity contribution in [1.82, 2.24) is 9.80 Å². The molecule has 2 atom stereocenters. The number of halogens is 1. The van der Waals surface area contributed by atoms with Crippen LogP contribution in [-0.4, -0.2) is 48.3 Å². The molecule has 3 nitrogen and oxygen atoms in total. The number of nitrogens with zero attached hydrogens (tertiary/aromatic N) is 2.